The van der Waals surface area contributed by atoms with Crippen molar-refractivity contribution in [3.63, 3.8) is 0 Å². The van der Waals surface area contributed by atoms with Gasteiger partial charge in [-0.3, -0.25) is 14.5 Å². The predicted octanol–water partition coefficient (Wildman–Crippen LogP) is 4.84. The van der Waals surface area contributed by atoms with Gasteiger partial charge in [-0.15, -0.1) is 0 Å². The van der Waals surface area contributed by atoms with Crippen molar-refractivity contribution in [2.75, 3.05) is 14.2 Å². The van der Waals surface area contributed by atoms with Gasteiger partial charge in [-0.05, 0) is 57.5 Å². The van der Waals surface area contributed by atoms with Crippen LogP contribution in [-0.4, -0.2) is 30.3 Å². The Hall–Kier alpha value is -2.32. The molecule has 0 atom stereocenters. The molecule has 1 saturated heterocycles. The third kappa shape index (κ3) is 4.17. The molecule has 27 heavy (non-hydrogen) atoms. The van der Waals surface area contributed by atoms with E-state index >= 15 is 0 Å². The second kappa shape index (κ2) is 8.14. The van der Waals surface area contributed by atoms with Gasteiger partial charge in [0.2, 0.25) is 0 Å². The van der Waals surface area contributed by atoms with E-state index in [-0.39, 0.29) is 22.5 Å². The van der Waals surface area contributed by atoms with Crippen molar-refractivity contribution in [2.45, 2.75) is 6.54 Å². The molecule has 3 rings (SSSR count). The summed E-state index contributed by atoms with van der Waals surface area (Å²) in [6.45, 7) is 0.0890. The Labute approximate surface area is 168 Å². The summed E-state index contributed by atoms with van der Waals surface area (Å²) in [7, 11) is 3.06. The van der Waals surface area contributed by atoms with Crippen LogP contribution in [0.3, 0.4) is 0 Å². The molecule has 0 unspecified atom stereocenters. The molecule has 2 aromatic rings. The molecule has 140 valence electrons. The number of carbonyl (C=O) groups is 2. The van der Waals surface area contributed by atoms with Gasteiger partial charge in [0.1, 0.15) is 17.3 Å². The molecule has 2 amide bonds. The van der Waals surface area contributed by atoms with Crippen LogP contribution in [0.15, 0.2) is 45.8 Å². The highest BCUT2D eigenvalue weighted by atomic mass is 79.9. The molecule has 0 N–H and O–H groups in total. The highest BCUT2D eigenvalue weighted by molar-refractivity contribution is 9.10. The molecule has 0 aromatic heterocycles. The van der Waals surface area contributed by atoms with Gasteiger partial charge in [0.15, 0.2) is 0 Å². The molecule has 0 aliphatic carbocycles. The lowest BCUT2D eigenvalue weighted by Crippen LogP contribution is -2.27. The zero-order chi connectivity index (χ0) is 19.6. The first kappa shape index (κ1) is 19.4. The van der Waals surface area contributed by atoms with E-state index in [1.54, 1.807) is 37.5 Å². The van der Waals surface area contributed by atoms with Crippen molar-refractivity contribution in [2.24, 2.45) is 0 Å². The highest BCUT2D eigenvalue weighted by Gasteiger charge is 2.35. The second-order valence-corrected chi connectivity index (χ2v) is 7.47. The molecule has 0 bridgehead atoms. The molecule has 1 heterocycles. The lowest BCUT2D eigenvalue weighted by Gasteiger charge is -2.12. The van der Waals surface area contributed by atoms with E-state index in [2.05, 4.69) is 15.9 Å². The van der Waals surface area contributed by atoms with E-state index in [0.29, 0.717) is 27.1 Å². The number of methoxy groups -OCH3 is 2. The van der Waals surface area contributed by atoms with Gasteiger partial charge >= 0.3 is 0 Å². The maximum Gasteiger partial charge on any atom is 0.293 e. The van der Waals surface area contributed by atoms with Crippen LogP contribution in [0.5, 0.6) is 11.5 Å². The smallest absolute Gasteiger partial charge is 0.293 e. The van der Waals surface area contributed by atoms with Crippen molar-refractivity contribution in [3.05, 3.63) is 62.7 Å². The summed E-state index contributed by atoms with van der Waals surface area (Å²) in [4.78, 5) is 26.4. The number of imide groups is 1. The first-order valence-corrected chi connectivity index (χ1v) is 9.45. The number of amides is 2. The maximum absolute atomic E-state index is 13.0. The summed E-state index contributed by atoms with van der Waals surface area (Å²) >= 11 is 4.26. The van der Waals surface area contributed by atoms with Crippen molar-refractivity contribution < 1.29 is 23.5 Å². The van der Waals surface area contributed by atoms with Gasteiger partial charge in [-0.2, -0.15) is 0 Å². The molecule has 1 aliphatic rings. The molecule has 2 aromatic carbocycles. The number of thioether (sulfide) groups is 1. The van der Waals surface area contributed by atoms with Crippen molar-refractivity contribution in [1.29, 1.82) is 0 Å². The molecule has 0 spiro atoms. The van der Waals surface area contributed by atoms with Crippen LogP contribution in [-0.2, 0) is 11.3 Å². The van der Waals surface area contributed by atoms with Crippen LogP contribution in [0.2, 0.25) is 0 Å². The number of halogens is 2. The van der Waals surface area contributed by atoms with Gasteiger partial charge < -0.3 is 9.47 Å². The van der Waals surface area contributed by atoms with Crippen LogP contribution in [0.4, 0.5) is 9.18 Å². The zero-order valence-electron chi connectivity index (χ0n) is 14.5. The quantitative estimate of drug-likeness (QED) is 0.608. The standard InChI is InChI=1S/C19H15BrFNO4S/c1-25-15-9-16(26-2)14(20)7-12(15)8-17-18(23)22(19(24)27-17)10-11-3-5-13(21)6-4-11/h3-9H,10H2,1-2H3/b17-8+. The van der Waals surface area contributed by atoms with Crippen LogP contribution in [0.25, 0.3) is 6.08 Å². The molecule has 0 saturated carbocycles. The van der Waals surface area contributed by atoms with E-state index in [4.69, 9.17) is 9.47 Å². The van der Waals surface area contributed by atoms with Gasteiger partial charge in [0, 0.05) is 11.6 Å². The van der Waals surface area contributed by atoms with Crippen LogP contribution in [0.1, 0.15) is 11.1 Å². The maximum atomic E-state index is 13.0. The first-order chi connectivity index (χ1) is 12.9. The van der Waals surface area contributed by atoms with Gasteiger partial charge in [-0.25, -0.2) is 4.39 Å². The first-order valence-electron chi connectivity index (χ1n) is 7.84. The Morgan fingerprint density at radius 2 is 1.78 bits per heavy atom. The van der Waals surface area contributed by atoms with Crippen molar-refractivity contribution >= 4 is 44.9 Å². The lowest BCUT2D eigenvalue weighted by molar-refractivity contribution is -0.123. The zero-order valence-corrected chi connectivity index (χ0v) is 16.9. The molecule has 1 fully saturated rings. The Kier molecular flexibility index (Phi) is 5.86. The Morgan fingerprint density at radius 1 is 1.11 bits per heavy atom. The summed E-state index contributed by atoms with van der Waals surface area (Å²) in [6, 6.07) is 9.13. The lowest BCUT2D eigenvalue weighted by atomic mass is 10.1. The van der Waals surface area contributed by atoms with Crippen LogP contribution in [0, 0.1) is 5.82 Å². The van der Waals surface area contributed by atoms with E-state index in [0.717, 1.165) is 16.7 Å². The average Bonchev–Trinajstić information content (AvgIpc) is 2.91. The number of nitrogens with zero attached hydrogens (tertiary/aromatic N) is 1. The summed E-state index contributed by atoms with van der Waals surface area (Å²) in [6.07, 6.45) is 1.61. The van der Waals surface area contributed by atoms with E-state index in [1.165, 1.54) is 19.2 Å². The van der Waals surface area contributed by atoms with Crippen molar-refractivity contribution in [1.82, 2.24) is 4.90 Å². The molecule has 5 nitrogen and oxygen atoms in total. The van der Waals surface area contributed by atoms with E-state index < -0.39 is 5.91 Å². The van der Waals surface area contributed by atoms with Gasteiger partial charge in [0.05, 0.1) is 30.1 Å². The van der Waals surface area contributed by atoms with Gasteiger partial charge in [0.25, 0.3) is 11.1 Å². The number of benzene rings is 2. The largest absolute Gasteiger partial charge is 0.496 e. The summed E-state index contributed by atoms with van der Waals surface area (Å²) in [5.41, 5.74) is 1.31. The number of hydrogen-bond donors (Lipinski definition) is 0. The number of ether oxygens (including phenoxy) is 2. The minimum absolute atomic E-state index is 0.0890. The Morgan fingerprint density at radius 3 is 2.41 bits per heavy atom. The SMILES string of the molecule is COc1cc(OC)c(/C=C2/SC(=O)N(Cc3ccc(F)cc3)C2=O)cc1Br. The fourth-order valence-corrected chi connectivity index (χ4v) is 3.90. The average molecular weight is 452 g/mol. The molecule has 1 aliphatic heterocycles. The molecular formula is C19H15BrFNO4S. The number of hydrogen-bond acceptors (Lipinski definition) is 5. The normalized spacial score (nSPS) is 15.6. The van der Waals surface area contributed by atoms with E-state index in [9.17, 15) is 14.0 Å². The third-order valence-electron chi connectivity index (χ3n) is 3.92. The predicted molar refractivity (Wildman–Crippen MR) is 105 cm³/mol. The number of carbonyl (C=O) groups excluding carboxylic acids is 2. The topological polar surface area (TPSA) is 55.8 Å². The van der Waals surface area contributed by atoms with Gasteiger partial charge in [-0.1, -0.05) is 12.1 Å². The number of rotatable bonds is 5. The molecule has 8 heteroatoms. The second-order valence-electron chi connectivity index (χ2n) is 5.62. The monoisotopic (exact) mass is 451 g/mol. The Bertz CT molecular complexity index is 930. The molecular weight excluding hydrogens is 437 g/mol. The van der Waals surface area contributed by atoms with Crippen LogP contribution >= 0.6 is 27.7 Å². The summed E-state index contributed by atoms with van der Waals surface area (Å²) < 4.78 is 24.3. The summed E-state index contributed by atoms with van der Waals surface area (Å²) in [5.74, 6) is 0.335. The van der Waals surface area contributed by atoms with Crippen LogP contribution < -0.4 is 9.47 Å². The Balaban J connectivity index is 1.88. The fourth-order valence-electron chi connectivity index (χ4n) is 2.55. The third-order valence-corrected chi connectivity index (χ3v) is 5.45. The summed E-state index contributed by atoms with van der Waals surface area (Å²) in [5, 5.41) is -0.373. The van der Waals surface area contributed by atoms with Crippen molar-refractivity contribution in [3.8, 4) is 11.5 Å². The fraction of sp³-hybridized carbons (Fsp3) is 0.158. The molecule has 0 radical (unpaired) electrons. The minimum Gasteiger partial charge on any atom is -0.496 e. The highest BCUT2D eigenvalue weighted by Crippen LogP contribution is 2.38. The van der Waals surface area contributed by atoms with E-state index in [1.807, 2.05) is 0 Å². The minimum atomic E-state index is -0.400.